The number of aliphatic imine (C=N–C) groups is 1. The first kappa shape index (κ1) is 24.1. The van der Waals surface area contributed by atoms with Gasteiger partial charge in [-0.3, -0.25) is 9.69 Å². The number of carbonyl (C=O) groups is 1. The number of methoxy groups -OCH3 is 1. The molecular weight excluding hydrogens is 494 g/mol. The summed E-state index contributed by atoms with van der Waals surface area (Å²) in [6.07, 6.45) is 0.459. The minimum absolute atomic E-state index is 0.00226. The number of ether oxygens (including phenoxy) is 1. The van der Waals surface area contributed by atoms with Gasteiger partial charge in [-0.05, 0) is 59.7 Å². The Kier molecular flexibility index (Phi) is 6.53. The average Bonchev–Trinajstić information content (AvgIpc) is 3.18. The van der Waals surface area contributed by atoms with Gasteiger partial charge in [-0.2, -0.15) is 0 Å². The van der Waals surface area contributed by atoms with Crippen LogP contribution in [0, 0.1) is 0 Å². The Labute approximate surface area is 213 Å². The van der Waals surface area contributed by atoms with Gasteiger partial charge in [0, 0.05) is 5.56 Å². The molecule has 5 rings (SSSR count). The molecular formula is C27H23N3O4S2. The van der Waals surface area contributed by atoms with Gasteiger partial charge in [-0.1, -0.05) is 60.3 Å². The van der Waals surface area contributed by atoms with Crippen LogP contribution in [0.3, 0.4) is 0 Å². The summed E-state index contributed by atoms with van der Waals surface area (Å²) < 4.78 is 28.9. The summed E-state index contributed by atoms with van der Waals surface area (Å²) in [7, 11) is -2.18. The van der Waals surface area contributed by atoms with Crippen molar-refractivity contribution in [1.82, 2.24) is 0 Å². The highest BCUT2D eigenvalue weighted by Gasteiger charge is 2.39. The fourth-order valence-electron chi connectivity index (χ4n) is 4.21. The molecule has 0 bridgehead atoms. The molecule has 1 heterocycles. The molecule has 1 unspecified atom stereocenters. The molecule has 1 aliphatic rings. The summed E-state index contributed by atoms with van der Waals surface area (Å²) in [4.78, 5) is 20.0. The molecule has 0 aliphatic carbocycles. The van der Waals surface area contributed by atoms with E-state index in [9.17, 15) is 13.2 Å². The highest BCUT2D eigenvalue weighted by atomic mass is 32.2. The monoisotopic (exact) mass is 517 g/mol. The van der Waals surface area contributed by atoms with E-state index in [1.807, 2.05) is 66.7 Å². The molecule has 0 spiro atoms. The van der Waals surface area contributed by atoms with Crippen LogP contribution in [0.25, 0.3) is 10.8 Å². The van der Waals surface area contributed by atoms with Crippen molar-refractivity contribution in [3.63, 3.8) is 0 Å². The first-order chi connectivity index (χ1) is 17.3. The van der Waals surface area contributed by atoms with E-state index < -0.39 is 15.3 Å². The van der Waals surface area contributed by atoms with Crippen LogP contribution in [0.4, 0.5) is 11.4 Å². The maximum Gasteiger partial charge on any atom is 0.247 e. The van der Waals surface area contributed by atoms with Crippen molar-refractivity contribution in [3.8, 4) is 5.75 Å². The van der Waals surface area contributed by atoms with E-state index in [0.717, 1.165) is 22.1 Å². The summed E-state index contributed by atoms with van der Waals surface area (Å²) in [5.41, 5.74) is 2.19. The van der Waals surface area contributed by atoms with Crippen molar-refractivity contribution in [3.05, 3.63) is 96.6 Å². The van der Waals surface area contributed by atoms with Crippen molar-refractivity contribution in [2.45, 2.75) is 16.6 Å². The zero-order chi connectivity index (χ0) is 25.3. The number of sulfonamides is 1. The smallest absolute Gasteiger partial charge is 0.247 e. The van der Waals surface area contributed by atoms with E-state index in [1.54, 1.807) is 24.1 Å². The van der Waals surface area contributed by atoms with Gasteiger partial charge in [0.05, 0.1) is 28.6 Å². The quantitative estimate of drug-likeness (QED) is 0.393. The number of nitrogens with two attached hydrogens (primary N) is 1. The van der Waals surface area contributed by atoms with Gasteiger partial charge in [-0.15, -0.1) is 0 Å². The number of rotatable bonds is 6. The largest absolute Gasteiger partial charge is 0.496 e. The Morgan fingerprint density at radius 3 is 2.33 bits per heavy atom. The van der Waals surface area contributed by atoms with E-state index in [-0.39, 0.29) is 10.8 Å². The van der Waals surface area contributed by atoms with Crippen LogP contribution in [-0.2, 0) is 21.2 Å². The predicted octanol–water partition coefficient (Wildman–Crippen LogP) is 4.87. The zero-order valence-corrected chi connectivity index (χ0v) is 21.0. The molecule has 0 saturated carbocycles. The number of para-hydroxylation sites is 1. The average molecular weight is 518 g/mol. The predicted molar refractivity (Wildman–Crippen MR) is 144 cm³/mol. The standard InChI is InChI=1S/C27H23N3O4S2/c1-34-24-16-11-18-7-5-6-10-22(18)23(24)17-25-26(31)30(20-8-3-2-4-9-20)27(35-25)29-19-12-14-21(15-13-19)36(28,32)33/h2-16,25H,17H2,1H3,(H2,28,32,33). The molecule has 182 valence electrons. The minimum Gasteiger partial charge on any atom is -0.496 e. The third kappa shape index (κ3) is 4.73. The van der Waals surface area contributed by atoms with Crippen LogP contribution in [0.5, 0.6) is 5.75 Å². The molecule has 0 aromatic heterocycles. The van der Waals surface area contributed by atoms with Gasteiger partial charge in [0.2, 0.25) is 15.9 Å². The van der Waals surface area contributed by atoms with Gasteiger partial charge in [0.15, 0.2) is 5.17 Å². The molecule has 4 aromatic rings. The summed E-state index contributed by atoms with van der Waals surface area (Å²) >= 11 is 1.38. The molecule has 2 N–H and O–H groups in total. The topological polar surface area (TPSA) is 102 Å². The molecule has 1 aliphatic heterocycles. The van der Waals surface area contributed by atoms with Crippen LogP contribution in [-0.4, -0.2) is 31.9 Å². The molecule has 0 radical (unpaired) electrons. The number of nitrogens with zero attached hydrogens (tertiary/aromatic N) is 2. The Balaban J connectivity index is 1.54. The Hall–Kier alpha value is -3.66. The van der Waals surface area contributed by atoms with Gasteiger partial charge in [0.25, 0.3) is 0 Å². The lowest BCUT2D eigenvalue weighted by atomic mass is 9.99. The van der Waals surface area contributed by atoms with Crippen molar-refractivity contribution >= 4 is 55.0 Å². The van der Waals surface area contributed by atoms with Crippen LogP contribution in [0.1, 0.15) is 5.56 Å². The summed E-state index contributed by atoms with van der Waals surface area (Å²) in [6.45, 7) is 0. The highest BCUT2D eigenvalue weighted by molar-refractivity contribution is 8.16. The lowest BCUT2D eigenvalue weighted by Gasteiger charge is -2.17. The van der Waals surface area contributed by atoms with Crippen molar-refractivity contribution < 1.29 is 17.9 Å². The first-order valence-corrected chi connectivity index (χ1v) is 13.6. The lowest BCUT2D eigenvalue weighted by molar-refractivity contribution is -0.116. The van der Waals surface area contributed by atoms with Crippen molar-refractivity contribution in [2.75, 3.05) is 12.0 Å². The summed E-state index contributed by atoms with van der Waals surface area (Å²) in [5.74, 6) is 0.651. The first-order valence-electron chi connectivity index (χ1n) is 11.2. The van der Waals surface area contributed by atoms with Crippen LogP contribution < -0.4 is 14.8 Å². The number of hydrogen-bond donors (Lipinski definition) is 1. The third-order valence-corrected chi connectivity index (χ3v) is 8.01. The van der Waals surface area contributed by atoms with Gasteiger partial charge in [0.1, 0.15) is 5.75 Å². The number of primary sulfonamides is 1. The van der Waals surface area contributed by atoms with E-state index in [4.69, 9.17) is 14.9 Å². The van der Waals surface area contributed by atoms with E-state index in [0.29, 0.717) is 23.0 Å². The molecule has 7 nitrogen and oxygen atoms in total. The number of amidine groups is 1. The van der Waals surface area contributed by atoms with Crippen LogP contribution in [0.2, 0.25) is 0 Å². The highest BCUT2D eigenvalue weighted by Crippen LogP contribution is 2.38. The molecule has 1 atom stereocenters. The number of anilines is 1. The second-order valence-corrected chi connectivity index (χ2v) is 11.0. The van der Waals surface area contributed by atoms with Crippen molar-refractivity contribution in [2.24, 2.45) is 10.1 Å². The number of amides is 1. The number of hydrogen-bond acceptors (Lipinski definition) is 6. The Bertz CT molecular complexity index is 1570. The maximum absolute atomic E-state index is 13.7. The Morgan fingerprint density at radius 1 is 0.944 bits per heavy atom. The summed E-state index contributed by atoms with van der Waals surface area (Å²) in [5, 5.41) is 7.42. The van der Waals surface area contributed by atoms with E-state index in [1.165, 1.54) is 23.9 Å². The Morgan fingerprint density at radius 2 is 1.64 bits per heavy atom. The molecule has 36 heavy (non-hydrogen) atoms. The molecule has 1 saturated heterocycles. The second kappa shape index (κ2) is 9.77. The zero-order valence-electron chi connectivity index (χ0n) is 19.4. The molecule has 9 heteroatoms. The second-order valence-electron chi connectivity index (χ2n) is 8.22. The van der Waals surface area contributed by atoms with Gasteiger partial charge >= 0.3 is 0 Å². The lowest BCUT2D eigenvalue weighted by Crippen LogP contribution is -2.32. The minimum atomic E-state index is -3.81. The number of benzene rings is 4. The van der Waals surface area contributed by atoms with E-state index >= 15 is 0 Å². The molecule has 1 fully saturated rings. The third-order valence-electron chi connectivity index (χ3n) is 5.95. The fraction of sp³-hybridized carbons (Fsp3) is 0.111. The van der Waals surface area contributed by atoms with E-state index in [2.05, 4.69) is 0 Å². The van der Waals surface area contributed by atoms with Crippen molar-refractivity contribution in [1.29, 1.82) is 0 Å². The van der Waals surface area contributed by atoms with Crippen LogP contribution >= 0.6 is 11.8 Å². The number of fused-ring (bicyclic) bond motifs is 1. The molecule has 4 aromatic carbocycles. The van der Waals surface area contributed by atoms with Gasteiger partial charge < -0.3 is 4.74 Å². The number of carbonyl (C=O) groups excluding carboxylic acids is 1. The van der Waals surface area contributed by atoms with Gasteiger partial charge in [-0.25, -0.2) is 18.5 Å². The fourth-order valence-corrected chi connectivity index (χ4v) is 5.90. The normalized spacial score (nSPS) is 17.2. The number of thioether (sulfide) groups is 1. The maximum atomic E-state index is 13.7. The summed E-state index contributed by atoms with van der Waals surface area (Å²) in [6, 6.07) is 27.3. The van der Waals surface area contributed by atoms with Crippen LogP contribution in [0.15, 0.2) is 101 Å². The molecule has 1 amide bonds. The SMILES string of the molecule is COc1ccc2ccccc2c1CC1SC(=Nc2ccc(S(N)(=O)=O)cc2)N(c2ccccc2)C1=O.